The Bertz CT molecular complexity index is 516. The summed E-state index contributed by atoms with van der Waals surface area (Å²) in [4.78, 5) is 7.67. The molecule has 5 heteroatoms. The predicted molar refractivity (Wildman–Crippen MR) is 61.5 cm³/mol. The largest absolute Gasteiger partial charge is 0.338 e. The van der Waals surface area contributed by atoms with E-state index in [9.17, 15) is 4.39 Å². The highest BCUT2D eigenvalue weighted by Gasteiger charge is 2.03. The first-order chi connectivity index (χ1) is 7.65. The number of halogens is 2. The number of rotatable bonds is 2. The minimum absolute atomic E-state index is 0.311. The molecule has 16 heavy (non-hydrogen) atoms. The van der Waals surface area contributed by atoms with Crippen LogP contribution in [-0.4, -0.2) is 9.97 Å². The Morgan fingerprint density at radius 3 is 2.81 bits per heavy atom. The van der Waals surface area contributed by atoms with Crippen molar-refractivity contribution < 1.29 is 4.39 Å². The maximum atomic E-state index is 13.4. The molecule has 0 bridgehead atoms. The first-order valence-electron chi connectivity index (χ1n) is 4.66. The molecule has 0 fully saturated rings. The number of nitrogens with zero attached hydrogens (tertiary/aromatic N) is 2. The van der Waals surface area contributed by atoms with Crippen molar-refractivity contribution in [1.29, 1.82) is 0 Å². The second kappa shape index (κ2) is 4.45. The van der Waals surface area contributed by atoms with E-state index in [1.807, 2.05) is 6.92 Å². The molecule has 0 aliphatic heterocycles. The molecule has 0 radical (unpaired) electrons. The van der Waals surface area contributed by atoms with Crippen molar-refractivity contribution in [3.63, 3.8) is 0 Å². The van der Waals surface area contributed by atoms with Crippen LogP contribution in [0.3, 0.4) is 0 Å². The zero-order valence-corrected chi connectivity index (χ0v) is 9.29. The zero-order chi connectivity index (χ0) is 11.5. The van der Waals surface area contributed by atoms with Crippen LogP contribution in [0.5, 0.6) is 0 Å². The van der Waals surface area contributed by atoms with Gasteiger partial charge in [0.05, 0.1) is 5.69 Å². The van der Waals surface area contributed by atoms with Gasteiger partial charge >= 0.3 is 0 Å². The molecule has 2 aromatic rings. The Balaban J connectivity index is 2.30. The van der Waals surface area contributed by atoms with Crippen molar-refractivity contribution in [2.45, 2.75) is 6.92 Å². The van der Waals surface area contributed by atoms with Crippen LogP contribution in [0, 0.1) is 12.7 Å². The summed E-state index contributed by atoms with van der Waals surface area (Å²) >= 11 is 5.70. The van der Waals surface area contributed by atoms with Gasteiger partial charge in [-0.2, -0.15) is 0 Å². The van der Waals surface area contributed by atoms with Gasteiger partial charge < -0.3 is 5.32 Å². The van der Waals surface area contributed by atoms with Gasteiger partial charge in [0.25, 0.3) is 0 Å². The molecule has 0 unspecified atom stereocenters. The first-order valence-corrected chi connectivity index (χ1v) is 5.03. The van der Waals surface area contributed by atoms with Crippen LogP contribution >= 0.6 is 11.6 Å². The van der Waals surface area contributed by atoms with Crippen molar-refractivity contribution in [1.82, 2.24) is 9.97 Å². The van der Waals surface area contributed by atoms with E-state index in [1.54, 1.807) is 12.1 Å². The quantitative estimate of drug-likeness (QED) is 0.815. The van der Waals surface area contributed by atoms with E-state index < -0.39 is 0 Å². The van der Waals surface area contributed by atoms with Gasteiger partial charge in [-0.05, 0) is 24.6 Å². The number of hydrogen-bond donors (Lipinski definition) is 1. The summed E-state index contributed by atoms with van der Waals surface area (Å²) in [5.74, 6) is 0.129. The second-order valence-corrected chi connectivity index (χ2v) is 3.72. The van der Waals surface area contributed by atoms with Crippen molar-refractivity contribution in [2.24, 2.45) is 0 Å². The molecule has 3 nitrogen and oxygen atoms in total. The molecular weight excluding hydrogens is 229 g/mol. The van der Waals surface area contributed by atoms with Crippen LogP contribution in [0.15, 0.2) is 30.6 Å². The molecule has 0 spiro atoms. The second-order valence-electron chi connectivity index (χ2n) is 3.33. The molecule has 0 atom stereocenters. The minimum atomic E-state index is -0.333. The lowest BCUT2D eigenvalue weighted by Gasteiger charge is -2.07. The Labute approximate surface area is 97.3 Å². The average Bonchev–Trinajstić information content (AvgIpc) is 2.24. The van der Waals surface area contributed by atoms with Crippen molar-refractivity contribution in [2.75, 3.05) is 5.32 Å². The lowest BCUT2D eigenvalue weighted by atomic mass is 10.2. The highest BCUT2D eigenvalue weighted by molar-refractivity contribution is 6.29. The number of nitrogens with one attached hydrogen (secondary N) is 1. The van der Waals surface area contributed by atoms with Gasteiger partial charge in [-0.3, -0.25) is 0 Å². The molecule has 0 saturated carbocycles. The third-order valence-corrected chi connectivity index (χ3v) is 2.23. The van der Waals surface area contributed by atoms with Gasteiger partial charge in [0.15, 0.2) is 0 Å². The van der Waals surface area contributed by atoms with Crippen LogP contribution < -0.4 is 5.32 Å². The van der Waals surface area contributed by atoms with Gasteiger partial charge in [-0.1, -0.05) is 17.7 Å². The van der Waals surface area contributed by atoms with E-state index in [4.69, 9.17) is 11.6 Å². The van der Waals surface area contributed by atoms with Crippen molar-refractivity contribution in [3.05, 3.63) is 47.1 Å². The fraction of sp³-hybridized carbons (Fsp3) is 0.0909. The molecule has 1 heterocycles. The molecule has 1 aromatic heterocycles. The van der Waals surface area contributed by atoms with Gasteiger partial charge in [0.2, 0.25) is 0 Å². The first kappa shape index (κ1) is 10.8. The molecule has 82 valence electrons. The molecule has 0 saturated heterocycles. The average molecular weight is 238 g/mol. The highest BCUT2D eigenvalue weighted by Crippen LogP contribution is 2.20. The van der Waals surface area contributed by atoms with E-state index in [0.29, 0.717) is 16.7 Å². The number of benzene rings is 1. The number of hydrogen-bond acceptors (Lipinski definition) is 3. The Morgan fingerprint density at radius 2 is 2.06 bits per heavy atom. The van der Waals surface area contributed by atoms with Gasteiger partial charge in [-0.25, -0.2) is 14.4 Å². The summed E-state index contributed by atoms with van der Waals surface area (Å²) in [6.45, 7) is 1.89. The number of aryl methyl sites for hydroxylation is 1. The van der Waals surface area contributed by atoms with Crippen LogP contribution in [0.4, 0.5) is 15.9 Å². The van der Waals surface area contributed by atoms with E-state index >= 15 is 0 Å². The fourth-order valence-corrected chi connectivity index (χ4v) is 1.42. The van der Waals surface area contributed by atoms with E-state index in [1.165, 1.54) is 18.5 Å². The van der Waals surface area contributed by atoms with Crippen molar-refractivity contribution in [3.8, 4) is 0 Å². The predicted octanol–water partition coefficient (Wildman–Crippen LogP) is 3.32. The summed E-state index contributed by atoms with van der Waals surface area (Å²) in [6.07, 6.45) is 1.32. The number of aromatic nitrogens is 2. The topological polar surface area (TPSA) is 37.8 Å². The normalized spacial score (nSPS) is 10.2. The maximum Gasteiger partial charge on any atom is 0.146 e. The summed E-state index contributed by atoms with van der Waals surface area (Å²) in [6, 6.07) is 6.34. The summed E-state index contributed by atoms with van der Waals surface area (Å²) in [5.41, 5.74) is 1.33. The Morgan fingerprint density at radius 1 is 1.25 bits per heavy atom. The molecule has 2 rings (SSSR count). The maximum absolute atomic E-state index is 13.4. The molecule has 1 aromatic carbocycles. The van der Waals surface area contributed by atoms with Crippen LogP contribution in [0.25, 0.3) is 0 Å². The molecule has 0 aliphatic rings. The molecule has 0 aliphatic carbocycles. The van der Waals surface area contributed by atoms with Crippen LogP contribution in [-0.2, 0) is 0 Å². The lowest BCUT2D eigenvalue weighted by molar-refractivity contribution is 0.631. The van der Waals surface area contributed by atoms with Crippen molar-refractivity contribution >= 4 is 23.1 Å². The monoisotopic (exact) mass is 237 g/mol. The van der Waals surface area contributed by atoms with E-state index in [0.717, 1.165) is 5.56 Å². The van der Waals surface area contributed by atoms with Gasteiger partial charge in [0.1, 0.15) is 23.1 Å². The minimum Gasteiger partial charge on any atom is -0.338 e. The van der Waals surface area contributed by atoms with E-state index in [-0.39, 0.29) is 5.82 Å². The Hall–Kier alpha value is -1.68. The highest BCUT2D eigenvalue weighted by atomic mass is 35.5. The van der Waals surface area contributed by atoms with Crippen LogP contribution in [0.1, 0.15) is 5.56 Å². The standard InChI is InChI=1S/C11H9ClFN3/c1-7-2-3-8(13)9(4-7)16-11-5-10(12)14-6-15-11/h2-6H,1H3,(H,14,15,16). The molecule has 1 N–H and O–H groups in total. The molecule has 0 amide bonds. The molecular formula is C11H9ClFN3. The SMILES string of the molecule is Cc1ccc(F)c(Nc2cc(Cl)ncn2)c1. The summed E-state index contributed by atoms with van der Waals surface area (Å²) in [5, 5.41) is 3.15. The fourth-order valence-electron chi connectivity index (χ4n) is 1.27. The van der Waals surface area contributed by atoms with Gasteiger partial charge in [0, 0.05) is 6.07 Å². The summed E-state index contributed by atoms with van der Waals surface area (Å²) in [7, 11) is 0. The smallest absolute Gasteiger partial charge is 0.146 e. The van der Waals surface area contributed by atoms with Crippen LogP contribution in [0.2, 0.25) is 5.15 Å². The third-order valence-electron chi connectivity index (χ3n) is 2.02. The van der Waals surface area contributed by atoms with Gasteiger partial charge in [-0.15, -0.1) is 0 Å². The number of anilines is 2. The third kappa shape index (κ3) is 2.46. The lowest BCUT2D eigenvalue weighted by Crippen LogP contribution is -1.97. The van der Waals surface area contributed by atoms with E-state index in [2.05, 4.69) is 15.3 Å². The zero-order valence-electron chi connectivity index (χ0n) is 8.54. The summed E-state index contributed by atoms with van der Waals surface area (Å²) < 4.78 is 13.4. The Kier molecular flexibility index (Phi) is 3.01.